The fraction of sp³-hybridized carbons (Fsp3) is 0.481. The lowest BCUT2D eigenvalue weighted by Gasteiger charge is -2.31. The van der Waals surface area contributed by atoms with E-state index in [2.05, 4.69) is 31.7 Å². The van der Waals surface area contributed by atoms with Crippen molar-refractivity contribution in [2.24, 2.45) is 5.92 Å². The zero-order chi connectivity index (χ0) is 22.2. The van der Waals surface area contributed by atoms with Gasteiger partial charge in [0.15, 0.2) is 11.5 Å². The molecule has 1 saturated heterocycles. The molecule has 0 unspecified atom stereocenters. The maximum atomic E-state index is 13.2. The van der Waals surface area contributed by atoms with Gasteiger partial charge in [0.2, 0.25) is 5.43 Å². The second-order valence-electron chi connectivity index (χ2n) is 8.83. The number of ether oxygens (including phenoxy) is 1. The van der Waals surface area contributed by atoms with Crippen molar-refractivity contribution in [2.75, 3.05) is 19.7 Å². The fourth-order valence-corrected chi connectivity index (χ4v) is 4.05. The first kappa shape index (κ1) is 23.2. The molecular weight excluding hydrogens is 386 g/mol. The summed E-state index contributed by atoms with van der Waals surface area (Å²) in [6, 6.07) is 15.5. The van der Waals surface area contributed by atoms with Crippen molar-refractivity contribution in [3.8, 4) is 5.75 Å². The highest BCUT2D eigenvalue weighted by Crippen LogP contribution is 2.23. The standard InChI is InChI=1S/C27H35NO3/c1-4-5-17-31-25-18-23(20(2)3)11-12-24(27(25)30)19-28-15-13-22(14-16-28)26(29)21-9-7-6-8-10-21/h6-12,18,20,22H,4-5,13-17,19H2,1-3H3. The number of nitrogens with zero attached hydrogens (tertiary/aromatic N) is 1. The Morgan fingerprint density at radius 2 is 1.81 bits per heavy atom. The van der Waals surface area contributed by atoms with Gasteiger partial charge < -0.3 is 4.74 Å². The number of unbranched alkanes of at least 4 members (excludes halogenated alkanes) is 1. The first-order valence-corrected chi connectivity index (χ1v) is 11.6. The summed E-state index contributed by atoms with van der Waals surface area (Å²) in [4.78, 5) is 28.2. The number of hydrogen-bond acceptors (Lipinski definition) is 4. The third-order valence-electron chi connectivity index (χ3n) is 6.12. The Labute approximate surface area is 186 Å². The molecule has 0 N–H and O–H groups in total. The van der Waals surface area contributed by atoms with E-state index >= 15 is 0 Å². The van der Waals surface area contributed by atoms with Crippen LogP contribution in [0.5, 0.6) is 5.75 Å². The Kier molecular flexibility index (Phi) is 8.42. The minimum atomic E-state index is -0.00881. The molecule has 0 spiro atoms. The molecule has 2 aromatic rings. The number of Topliss-reactive ketones (excluding diaryl/α,β-unsaturated/α-hetero) is 1. The Balaban J connectivity index is 1.69. The van der Waals surface area contributed by atoms with Crippen LogP contribution in [0.3, 0.4) is 0 Å². The Morgan fingerprint density at radius 1 is 1.10 bits per heavy atom. The molecule has 1 aliphatic rings. The number of rotatable bonds is 9. The number of carbonyl (C=O) groups excluding carboxylic acids is 1. The van der Waals surface area contributed by atoms with E-state index in [0.29, 0.717) is 24.8 Å². The predicted molar refractivity (Wildman–Crippen MR) is 126 cm³/mol. The number of carbonyl (C=O) groups is 1. The van der Waals surface area contributed by atoms with Crippen LogP contribution >= 0.6 is 0 Å². The Hall–Kier alpha value is -2.46. The Bertz CT molecular complexity index is 915. The molecule has 0 saturated carbocycles. The summed E-state index contributed by atoms with van der Waals surface area (Å²) in [5, 5.41) is 0. The van der Waals surface area contributed by atoms with Crippen LogP contribution in [0, 0.1) is 5.92 Å². The van der Waals surface area contributed by atoms with Crippen LogP contribution in [-0.4, -0.2) is 30.4 Å². The van der Waals surface area contributed by atoms with Gasteiger partial charge in [-0.1, -0.05) is 69.7 Å². The summed E-state index contributed by atoms with van der Waals surface area (Å²) in [6.45, 7) is 9.19. The molecule has 3 rings (SSSR count). The van der Waals surface area contributed by atoms with E-state index in [0.717, 1.165) is 55.5 Å². The van der Waals surface area contributed by atoms with Gasteiger partial charge in [0.1, 0.15) is 0 Å². The molecule has 0 aliphatic carbocycles. The van der Waals surface area contributed by atoms with Gasteiger partial charge in [-0.3, -0.25) is 14.5 Å². The molecule has 31 heavy (non-hydrogen) atoms. The van der Waals surface area contributed by atoms with E-state index in [-0.39, 0.29) is 17.1 Å². The summed E-state index contributed by atoms with van der Waals surface area (Å²) >= 11 is 0. The number of ketones is 1. The molecule has 0 atom stereocenters. The highest BCUT2D eigenvalue weighted by molar-refractivity contribution is 5.97. The summed E-state index contributed by atoms with van der Waals surface area (Å²) in [5.74, 6) is 1.10. The van der Waals surface area contributed by atoms with Crippen LogP contribution in [0.1, 0.15) is 73.9 Å². The molecule has 1 fully saturated rings. The van der Waals surface area contributed by atoms with Crippen LogP contribution in [-0.2, 0) is 6.54 Å². The molecule has 4 nitrogen and oxygen atoms in total. The van der Waals surface area contributed by atoms with Crippen molar-refractivity contribution >= 4 is 5.78 Å². The summed E-state index contributed by atoms with van der Waals surface area (Å²) < 4.78 is 5.88. The molecular formula is C27H35NO3. The van der Waals surface area contributed by atoms with Gasteiger partial charge in [-0.25, -0.2) is 0 Å². The highest BCUT2D eigenvalue weighted by atomic mass is 16.5. The van der Waals surface area contributed by atoms with Gasteiger partial charge in [-0.2, -0.15) is 0 Å². The van der Waals surface area contributed by atoms with E-state index in [4.69, 9.17) is 4.74 Å². The molecule has 166 valence electrons. The minimum absolute atomic E-state index is 0.00881. The molecule has 0 radical (unpaired) electrons. The molecule has 1 heterocycles. The average molecular weight is 422 g/mol. The smallest absolute Gasteiger partial charge is 0.224 e. The molecule has 0 amide bonds. The lowest BCUT2D eigenvalue weighted by Crippen LogP contribution is -2.36. The fourth-order valence-electron chi connectivity index (χ4n) is 4.05. The van der Waals surface area contributed by atoms with Crippen LogP contribution in [0.15, 0.2) is 53.3 Å². The maximum absolute atomic E-state index is 13.2. The first-order chi connectivity index (χ1) is 15.0. The van der Waals surface area contributed by atoms with Crippen LogP contribution < -0.4 is 10.2 Å². The van der Waals surface area contributed by atoms with E-state index in [1.165, 1.54) is 0 Å². The molecule has 0 bridgehead atoms. The van der Waals surface area contributed by atoms with Gasteiger partial charge in [0.25, 0.3) is 0 Å². The van der Waals surface area contributed by atoms with Crippen molar-refractivity contribution in [1.29, 1.82) is 0 Å². The van der Waals surface area contributed by atoms with E-state index in [1.807, 2.05) is 42.5 Å². The van der Waals surface area contributed by atoms with Crippen LogP contribution in [0.4, 0.5) is 0 Å². The van der Waals surface area contributed by atoms with Gasteiger partial charge in [0.05, 0.1) is 6.61 Å². The second-order valence-corrected chi connectivity index (χ2v) is 8.83. The lowest BCUT2D eigenvalue weighted by atomic mass is 9.89. The minimum Gasteiger partial charge on any atom is -0.489 e. The van der Waals surface area contributed by atoms with Gasteiger partial charge in [-0.15, -0.1) is 0 Å². The summed E-state index contributed by atoms with van der Waals surface area (Å²) in [7, 11) is 0. The molecule has 0 aromatic heterocycles. The molecule has 1 aliphatic heterocycles. The predicted octanol–water partition coefficient (Wildman–Crippen LogP) is 5.44. The number of benzene rings is 1. The van der Waals surface area contributed by atoms with E-state index in [1.54, 1.807) is 0 Å². The third-order valence-corrected chi connectivity index (χ3v) is 6.12. The molecule has 4 heteroatoms. The first-order valence-electron chi connectivity index (χ1n) is 11.6. The second kappa shape index (κ2) is 11.2. The number of piperidine rings is 1. The lowest BCUT2D eigenvalue weighted by molar-refractivity contribution is 0.0834. The maximum Gasteiger partial charge on any atom is 0.224 e. The van der Waals surface area contributed by atoms with Crippen molar-refractivity contribution in [3.05, 3.63) is 75.4 Å². The average Bonchev–Trinajstić information content (AvgIpc) is 2.94. The number of likely N-dealkylation sites (tertiary alicyclic amines) is 1. The largest absolute Gasteiger partial charge is 0.489 e. The van der Waals surface area contributed by atoms with Gasteiger partial charge in [0, 0.05) is 23.6 Å². The van der Waals surface area contributed by atoms with Gasteiger partial charge in [-0.05, 0) is 49.9 Å². The SMILES string of the molecule is CCCCOc1cc(C(C)C)ccc(CN2CCC(C(=O)c3ccccc3)CC2)c1=O. The third kappa shape index (κ3) is 6.27. The number of hydrogen-bond donors (Lipinski definition) is 0. The summed E-state index contributed by atoms with van der Waals surface area (Å²) in [6.07, 6.45) is 3.64. The van der Waals surface area contributed by atoms with Crippen molar-refractivity contribution in [3.63, 3.8) is 0 Å². The van der Waals surface area contributed by atoms with E-state index < -0.39 is 0 Å². The summed E-state index contributed by atoms with van der Waals surface area (Å²) in [5.41, 5.74) is 2.67. The highest BCUT2D eigenvalue weighted by Gasteiger charge is 2.26. The van der Waals surface area contributed by atoms with Crippen molar-refractivity contribution < 1.29 is 9.53 Å². The normalized spacial score (nSPS) is 15.2. The Morgan fingerprint density at radius 3 is 2.45 bits per heavy atom. The van der Waals surface area contributed by atoms with Crippen molar-refractivity contribution in [1.82, 2.24) is 4.90 Å². The zero-order valence-corrected chi connectivity index (χ0v) is 19.1. The monoisotopic (exact) mass is 421 g/mol. The van der Waals surface area contributed by atoms with Crippen LogP contribution in [0.2, 0.25) is 0 Å². The molecule has 2 aromatic carbocycles. The van der Waals surface area contributed by atoms with Crippen molar-refractivity contribution in [2.45, 2.75) is 58.9 Å². The van der Waals surface area contributed by atoms with Crippen LogP contribution in [0.25, 0.3) is 0 Å². The zero-order valence-electron chi connectivity index (χ0n) is 19.1. The quantitative estimate of drug-likeness (QED) is 0.399. The topological polar surface area (TPSA) is 46.6 Å². The van der Waals surface area contributed by atoms with E-state index in [9.17, 15) is 9.59 Å². The van der Waals surface area contributed by atoms with Gasteiger partial charge >= 0.3 is 0 Å².